The Morgan fingerprint density at radius 1 is 0.559 bits per heavy atom. The maximum absolute atomic E-state index is 12.8. The Hall–Kier alpha value is -6.86. The summed E-state index contributed by atoms with van der Waals surface area (Å²) >= 11 is 0. The summed E-state index contributed by atoms with van der Waals surface area (Å²) in [5.74, 6) is -4.69. The number of benzene rings is 2. The zero-order chi connectivity index (χ0) is 43.6. The number of nitrogens with one attached hydrogen (secondary N) is 2. The summed E-state index contributed by atoms with van der Waals surface area (Å²) in [7, 11) is 0. The SMILES string of the molecule is Cc1cc(COC(=O)ON2C(=O)CCC2=O)cc(C)c1OC(=O)C(C)NC(=O)CCCC(=O)NC(C)C(=O)Oc1c(C)cc(COC(=O)ON2C(=O)CCC2=O)cc1C. The van der Waals surface area contributed by atoms with Gasteiger partial charge in [-0.05, 0) is 106 Å². The fraction of sp³-hybridized carbons (Fsp3) is 0.436. The highest BCUT2D eigenvalue weighted by molar-refractivity contribution is 6.02. The molecule has 2 saturated heterocycles. The first-order chi connectivity index (χ1) is 27.8. The van der Waals surface area contributed by atoms with E-state index in [0.717, 1.165) is 0 Å². The number of hydroxylamine groups is 4. The molecule has 2 aliphatic heterocycles. The third kappa shape index (κ3) is 12.6. The molecular formula is C39H44N4O16. The number of esters is 2. The van der Waals surface area contributed by atoms with E-state index in [0.29, 0.717) is 43.5 Å². The molecule has 20 heteroatoms. The summed E-state index contributed by atoms with van der Waals surface area (Å²) in [4.78, 5) is 131. The van der Waals surface area contributed by atoms with Gasteiger partial charge in [-0.3, -0.25) is 38.4 Å². The Bertz CT molecular complexity index is 1840. The predicted octanol–water partition coefficient (Wildman–Crippen LogP) is 3.05. The summed E-state index contributed by atoms with van der Waals surface area (Å²) in [6, 6.07) is 4.28. The molecule has 2 fully saturated rings. The van der Waals surface area contributed by atoms with E-state index >= 15 is 0 Å². The smallest absolute Gasteiger partial charge is 0.428 e. The van der Waals surface area contributed by atoms with Gasteiger partial charge in [-0.15, -0.1) is 0 Å². The van der Waals surface area contributed by atoms with Crippen molar-refractivity contribution in [1.82, 2.24) is 20.8 Å². The minimum Gasteiger partial charge on any atom is -0.428 e. The van der Waals surface area contributed by atoms with Crippen molar-refractivity contribution in [3.8, 4) is 11.5 Å². The molecule has 2 aliphatic rings. The predicted molar refractivity (Wildman–Crippen MR) is 197 cm³/mol. The van der Waals surface area contributed by atoms with Gasteiger partial charge in [0, 0.05) is 38.5 Å². The second-order valence-electron chi connectivity index (χ2n) is 13.8. The maximum atomic E-state index is 12.8. The van der Waals surface area contributed by atoms with Gasteiger partial charge in [0.1, 0.15) is 36.8 Å². The highest BCUT2D eigenvalue weighted by Gasteiger charge is 2.34. The summed E-state index contributed by atoms with van der Waals surface area (Å²) in [6.07, 6.45) is -2.84. The van der Waals surface area contributed by atoms with Crippen molar-refractivity contribution >= 4 is 59.7 Å². The number of carbonyl (C=O) groups excluding carboxylic acids is 10. The van der Waals surface area contributed by atoms with E-state index in [1.807, 2.05) is 0 Å². The summed E-state index contributed by atoms with van der Waals surface area (Å²) in [5.41, 5.74) is 3.08. The molecule has 20 nitrogen and oxygen atoms in total. The second-order valence-corrected chi connectivity index (χ2v) is 13.8. The van der Waals surface area contributed by atoms with Crippen molar-refractivity contribution < 1.29 is 76.6 Å². The van der Waals surface area contributed by atoms with Crippen LogP contribution in [0.4, 0.5) is 9.59 Å². The van der Waals surface area contributed by atoms with Crippen LogP contribution in [0.1, 0.15) is 92.2 Å². The van der Waals surface area contributed by atoms with Crippen LogP contribution in [0.15, 0.2) is 24.3 Å². The van der Waals surface area contributed by atoms with Crippen LogP contribution in [0.25, 0.3) is 0 Å². The third-order valence-corrected chi connectivity index (χ3v) is 8.77. The van der Waals surface area contributed by atoms with Gasteiger partial charge in [-0.25, -0.2) is 19.2 Å². The molecule has 0 bridgehead atoms. The Kier molecular flexibility index (Phi) is 15.2. The van der Waals surface area contributed by atoms with Crippen molar-refractivity contribution in [2.45, 2.75) is 112 Å². The Morgan fingerprint density at radius 3 is 1.17 bits per heavy atom. The monoisotopic (exact) mass is 824 g/mol. The fourth-order valence-electron chi connectivity index (χ4n) is 5.90. The van der Waals surface area contributed by atoms with Gasteiger partial charge >= 0.3 is 24.2 Å². The highest BCUT2D eigenvalue weighted by Crippen LogP contribution is 2.27. The lowest BCUT2D eigenvalue weighted by molar-refractivity contribution is -0.178. The van der Waals surface area contributed by atoms with Gasteiger partial charge in [0.15, 0.2) is 0 Å². The number of imide groups is 2. The van der Waals surface area contributed by atoms with E-state index in [-0.39, 0.29) is 69.7 Å². The number of aryl methyl sites for hydroxylation is 4. The minimum atomic E-state index is -1.24. The molecule has 0 aliphatic carbocycles. The molecule has 0 saturated carbocycles. The van der Waals surface area contributed by atoms with Gasteiger partial charge < -0.3 is 29.6 Å². The number of rotatable bonds is 16. The van der Waals surface area contributed by atoms with Crippen LogP contribution in [0.5, 0.6) is 11.5 Å². The van der Waals surface area contributed by atoms with E-state index < -0.39 is 71.8 Å². The van der Waals surface area contributed by atoms with Gasteiger partial charge in [-0.2, -0.15) is 0 Å². The molecule has 2 heterocycles. The summed E-state index contributed by atoms with van der Waals surface area (Å²) in [5, 5.41) is 5.78. The number of ether oxygens (including phenoxy) is 4. The van der Waals surface area contributed by atoms with Crippen molar-refractivity contribution in [2.24, 2.45) is 0 Å². The average Bonchev–Trinajstić information content (AvgIpc) is 3.65. The van der Waals surface area contributed by atoms with Crippen molar-refractivity contribution in [2.75, 3.05) is 0 Å². The van der Waals surface area contributed by atoms with Gasteiger partial charge in [0.2, 0.25) is 11.8 Å². The lowest BCUT2D eigenvalue weighted by Gasteiger charge is -2.17. The topological polar surface area (TPSA) is 257 Å². The molecule has 2 atom stereocenters. The number of carbonyl (C=O) groups is 10. The van der Waals surface area contributed by atoms with Gasteiger partial charge in [0.25, 0.3) is 23.6 Å². The van der Waals surface area contributed by atoms with E-state index in [1.54, 1.807) is 52.0 Å². The molecule has 6 amide bonds. The van der Waals surface area contributed by atoms with Crippen LogP contribution in [0, 0.1) is 27.7 Å². The number of hydrogen-bond acceptors (Lipinski definition) is 16. The quantitative estimate of drug-likeness (QED) is 0.140. The lowest BCUT2D eigenvalue weighted by Crippen LogP contribution is -2.41. The molecule has 2 aromatic rings. The molecule has 0 aromatic heterocycles. The highest BCUT2D eigenvalue weighted by atomic mass is 16.8. The summed E-state index contributed by atoms with van der Waals surface area (Å²) in [6.45, 7) is 8.96. The zero-order valence-corrected chi connectivity index (χ0v) is 33.3. The first-order valence-corrected chi connectivity index (χ1v) is 18.5. The van der Waals surface area contributed by atoms with E-state index in [4.69, 9.17) is 18.9 Å². The molecule has 0 spiro atoms. The average molecular weight is 825 g/mol. The molecule has 4 rings (SSSR count). The molecule has 2 unspecified atom stereocenters. The van der Waals surface area contributed by atoms with Gasteiger partial charge in [0.05, 0.1) is 0 Å². The van der Waals surface area contributed by atoms with Crippen LogP contribution in [0.3, 0.4) is 0 Å². The van der Waals surface area contributed by atoms with E-state index in [9.17, 15) is 47.9 Å². The molecular weight excluding hydrogens is 780 g/mol. The first kappa shape index (κ1) is 44.8. The van der Waals surface area contributed by atoms with Crippen LogP contribution < -0.4 is 20.1 Å². The summed E-state index contributed by atoms with van der Waals surface area (Å²) < 4.78 is 21.1. The van der Waals surface area contributed by atoms with Crippen molar-refractivity contribution in [3.63, 3.8) is 0 Å². The Labute approximate surface area is 337 Å². The van der Waals surface area contributed by atoms with E-state index in [2.05, 4.69) is 20.3 Å². The second kappa shape index (κ2) is 20.0. The van der Waals surface area contributed by atoms with Crippen LogP contribution in [0.2, 0.25) is 0 Å². The first-order valence-electron chi connectivity index (χ1n) is 18.5. The van der Waals surface area contributed by atoms with Crippen molar-refractivity contribution in [3.05, 3.63) is 57.6 Å². The van der Waals surface area contributed by atoms with Crippen LogP contribution >= 0.6 is 0 Å². The largest absolute Gasteiger partial charge is 0.534 e. The maximum Gasteiger partial charge on any atom is 0.534 e. The standard InChI is InChI=1S/C39H44N4O16/c1-20-14-26(18-54-38(52)58-42-30(46)10-11-31(42)47)15-21(2)34(20)56-36(50)24(5)40-28(44)8-7-9-29(45)41-25(6)37(51)57-35-22(3)16-27(17-23(35)4)19-55-39(53)59-43-32(48)12-13-33(43)49/h14-17,24-25H,7-13,18-19H2,1-6H3,(H,40,44)(H,41,45). The Morgan fingerprint density at radius 2 is 0.864 bits per heavy atom. The van der Waals surface area contributed by atoms with Gasteiger partial charge in [-0.1, -0.05) is 10.1 Å². The van der Waals surface area contributed by atoms with Crippen LogP contribution in [-0.2, 0) is 70.7 Å². The molecule has 316 valence electrons. The Balaban J connectivity index is 1.15. The number of amides is 6. The normalized spacial score (nSPS) is 14.7. The van der Waals surface area contributed by atoms with E-state index in [1.165, 1.54) is 13.8 Å². The third-order valence-electron chi connectivity index (χ3n) is 8.77. The van der Waals surface area contributed by atoms with Crippen molar-refractivity contribution in [1.29, 1.82) is 0 Å². The fourth-order valence-corrected chi connectivity index (χ4v) is 5.90. The lowest BCUT2D eigenvalue weighted by atomic mass is 10.1. The number of nitrogens with zero attached hydrogens (tertiary/aromatic N) is 2. The molecule has 2 aromatic carbocycles. The number of hydrogen-bond donors (Lipinski definition) is 2. The minimum absolute atomic E-state index is 0.0592. The molecule has 59 heavy (non-hydrogen) atoms. The van der Waals surface area contributed by atoms with Crippen LogP contribution in [-0.4, -0.2) is 81.9 Å². The molecule has 2 N–H and O–H groups in total. The zero-order valence-electron chi connectivity index (χ0n) is 33.3. The molecule has 0 radical (unpaired) electrons.